The van der Waals surface area contributed by atoms with Crippen LogP contribution in [0.1, 0.15) is 15.9 Å². The zero-order valence-electron chi connectivity index (χ0n) is 14.8. The van der Waals surface area contributed by atoms with Crippen molar-refractivity contribution in [1.82, 2.24) is 10.3 Å². The number of carbonyl (C=O) groups excluding carboxylic acids is 1. The van der Waals surface area contributed by atoms with Gasteiger partial charge in [0.25, 0.3) is 5.91 Å². The predicted octanol–water partition coefficient (Wildman–Crippen LogP) is 1.49. The number of hydrogen-bond donors (Lipinski definition) is 2. The van der Waals surface area contributed by atoms with Crippen LogP contribution in [-0.4, -0.2) is 49.3 Å². The molecule has 0 aliphatic carbocycles. The Morgan fingerprint density at radius 1 is 1.38 bits per heavy atom. The molecule has 26 heavy (non-hydrogen) atoms. The number of para-hydroxylation sites is 1. The molecule has 1 amide bonds. The number of aliphatic hydroxyl groups is 1. The number of ether oxygens (including phenoxy) is 1. The van der Waals surface area contributed by atoms with Gasteiger partial charge in [0, 0.05) is 37.7 Å². The monoisotopic (exact) mass is 353 g/mol. The highest BCUT2D eigenvalue weighted by Gasteiger charge is 2.49. The Balaban J connectivity index is 1.68. The highest BCUT2D eigenvalue weighted by atomic mass is 16.5. The number of nitrogens with zero attached hydrogens (tertiary/aromatic N) is 2. The van der Waals surface area contributed by atoms with Gasteiger partial charge in [0.1, 0.15) is 11.6 Å². The summed E-state index contributed by atoms with van der Waals surface area (Å²) in [5.74, 6) is 1.59. The van der Waals surface area contributed by atoms with Gasteiger partial charge in [-0.1, -0.05) is 18.2 Å². The number of aromatic nitrogens is 1. The van der Waals surface area contributed by atoms with Crippen LogP contribution in [0.5, 0.6) is 5.75 Å². The van der Waals surface area contributed by atoms with Crippen LogP contribution in [0.4, 0.5) is 5.82 Å². The third-order valence-electron chi connectivity index (χ3n) is 5.64. The van der Waals surface area contributed by atoms with E-state index in [1.54, 1.807) is 25.4 Å². The largest absolute Gasteiger partial charge is 0.493 e. The molecule has 0 unspecified atom stereocenters. The molecular formula is C20H23N3O3. The smallest absolute Gasteiger partial charge is 0.254 e. The maximum absolute atomic E-state index is 12.2. The van der Waals surface area contributed by atoms with Crippen LogP contribution < -0.4 is 15.0 Å². The predicted molar refractivity (Wildman–Crippen MR) is 98.5 cm³/mol. The summed E-state index contributed by atoms with van der Waals surface area (Å²) >= 11 is 0. The Bertz CT molecular complexity index is 825. The van der Waals surface area contributed by atoms with Gasteiger partial charge in [-0.25, -0.2) is 4.98 Å². The highest BCUT2D eigenvalue weighted by molar-refractivity contribution is 5.98. The van der Waals surface area contributed by atoms with Gasteiger partial charge in [0.05, 0.1) is 18.8 Å². The van der Waals surface area contributed by atoms with Crippen LogP contribution in [0.3, 0.4) is 0 Å². The van der Waals surface area contributed by atoms with Crippen molar-refractivity contribution in [3.05, 3.63) is 53.7 Å². The Morgan fingerprint density at radius 3 is 3.04 bits per heavy atom. The summed E-state index contributed by atoms with van der Waals surface area (Å²) < 4.78 is 6.03. The number of aliphatic hydroxyl groups excluding tert-OH is 1. The summed E-state index contributed by atoms with van der Waals surface area (Å²) in [4.78, 5) is 18.8. The third-order valence-corrected chi connectivity index (χ3v) is 5.64. The summed E-state index contributed by atoms with van der Waals surface area (Å²) in [5, 5.41) is 13.0. The lowest BCUT2D eigenvalue weighted by Gasteiger charge is -2.30. The molecular weight excluding hydrogens is 330 g/mol. The summed E-state index contributed by atoms with van der Waals surface area (Å²) in [5.41, 5.74) is 1.38. The molecule has 0 spiro atoms. The second-order valence-electron chi connectivity index (χ2n) is 7.15. The summed E-state index contributed by atoms with van der Waals surface area (Å²) in [6, 6.07) is 11.6. The molecule has 0 saturated carbocycles. The van der Waals surface area contributed by atoms with Crippen molar-refractivity contribution in [1.29, 1.82) is 0 Å². The average Bonchev–Trinajstić information content (AvgIpc) is 2.97. The topological polar surface area (TPSA) is 74.7 Å². The van der Waals surface area contributed by atoms with E-state index < -0.39 is 0 Å². The fraction of sp³-hybridized carbons (Fsp3) is 0.400. The third kappa shape index (κ3) is 2.70. The van der Waals surface area contributed by atoms with Crippen molar-refractivity contribution in [3.63, 3.8) is 0 Å². The number of benzene rings is 1. The Morgan fingerprint density at radius 2 is 2.23 bits per heavy atom. The average molecular weight is 353 g/mol. The molecule has 2 N–H and O–H groups in total. The molecule has 2 atom stereocenters. The maximum atomic E-state index is 12.2. The van der Waals surface area contributed by atoms with Crippen molar-refractivity contribution in [2.45, 2.75) is 6.42 Å². The fourth-order valence-corrected chi connectivity index (χ4v) is 4.18. The number of rotatable bonds is 3. The number of pyridine rings is 1. The van der Waals surface area contributed by atoms with Crippen LogP contribution in [0.25, 0.3) is 0 Å². The van der Waals surface area contributed by atoms with Crippen molar-refractivity contribution in [3.8, 4) is 5.75 Å². The molecule has 1 fully saturated rings. The summed E-state index contributed by atoms with van der Waals surface area (Å²) in [6.45, 7) is 1.98. The molecule has 2 aliphatic rings. The van der Waals surface area contributed by atoms with Crippen LogP contribution in [-0.2, 0) is 6.42 Å². The van der Waals surface area contributed by atoms with Crippen molar-refractivity contribution in [2.24, 2.45) is 11.3 Å². The minimum Gasteiger partial charge on any atom is -0.493 e. The van der Waals surface area contributed by atoms with Crippen molar-refractivity contribution >= 4 is 11.7 Å². The van der Waals surface area contributed by atoms with Gasteiger partial charge in [-0.2, -0.15) is 0 Å². The molecule has 4 rings (SSSR count). The van der Waals surface area contributed by atoms with Crippen molar-refractivity contribution in [2.75, 3.05) is 38.3 Å². The van der Waals surface area contributed by atoms with E-state index in [0.29, 0.717) is 31.1 Å². The van der Waals surface area contributed by atoms with E-state index >= 15 is 0 Å². The quantitative estimate of drug-likeness (QED) is 0.875. The first-order valence-electron chi connectivity index (χ1n) is 8.90. The van der Waals surface area contributed by atoms with Gasteiger partial charge in [0.2, 0.25) is 0 Å². The van der Waals surface area contributed by atoms with E-state index in [1.165, 1.54) is 0 Å². The Hall–Kier alpha value is -2.60. The van der Waals surface area contributed by atoms with E-state index in [0.717, 1.165) is 17.7 Å². The van der Waals surface area contributed by atoms with Gasteiger partial charge in [-0.3, -0.25) is 4.79 Å². The number of carbonyl (C=O) groups is 1. The number of anilines is 1. The minimum absolute atomic E-state index is 0.0774. The molecule has 0 radical (unpaired) electrons. The summed E-state index contributed by atoms with van der Waals surface area (Å²) in [6.07, 6.45) is 2.45. The lowest BCUT2D eigenvalue weighted by Crippen LogP contribution is -2.38. The molecule has 0 bridgehead atoms. The highest BCUT2D eigenvalue weighted by Crippen LogP contribution is 2.44. The first-order chi connectivity index (χ1) is 12.7. The Labute approximate surface area is 152 Å². The van der Waals surface area contributed by atoms with Gasteiger partial charge in [0.15, 0.2) is 0 Å². The van der Waals surface area contributed by atoms with E-state index in [1.807, 2.05) is 18.2 Å². The van der Waals surface area contributed by atoms with E-state index in [4.69, 9.17) is 4.74 Å². The maximum Gasteiger partial charge on any atom is 0.254 e. The van der Waals surface area contributed by atoms with Gasteiger partial charge in [-0.15, -0.1) is 0 Å². The summed E-state index contributed by atoms with van der Waals surface area (Å²) in [7, 11) is 1.62. The van der Waals surface area contributed by atoms with Crippen LogP contribution in [0.15, 0.2) is 42.6 Å². The molecule has 1 saturated heterocycles. The number of amides is 1. The fourth-order valence-electron chi connectivity index (χ4n) is 4.18. The van der Waals surface area contributed by atoms with Gasteiger partial charge < -0.3 is 20.1 Å². The number of nitrogens with one attached hydrogen (secondary N) is 1. The molecule has 6 heteroatoms. The van der Waals surface area contributed by atoms with Crippen molar-refractivity contribution < 1.29 is 14.6 Å². The standard InChI is InChI=1S/C20H23N3O3/c1-21-19(25)16-6-4-8-22-18(16)23-10-15-11-26-17-7-3-2-5-14(17)9-20(15,12-23)13-24/h2-8,15,24H,9-13H2,1H3,(H,21,25)/t15-,20-/m0/s1. The molecule has 1 aromatic carbocycles. The molecule has 3 heterocycles. The zero-order valence-corrected chi connectivity index (χ0v) is 14.8. The molecule has 2 aromatic rings. The number of fused-ring (bicyclic) bond motifs is 2. The van der Waals surface area contributed by atoms with Gasteiger partial charge >= 0.3 is 0 Å². The van der Waals surface area contributed by atoms with E-state index in [9.17, 15) is 9.90 Å². The lowest BCUT2D eigenvalue weighted by atomic mass is 9.75. The SMILES string of the molecule is CNC(=O)c1cccnc1N1C[C@H]2COc3ccccc3C[C@@]2(CO)C1. The first-order valence-corrected chi connectivity index (χ1v) is 8.90. The molecule has 136 valence electrons. The van der Waals surface area contributed by atoms with Crippen LogP contribution >= 0.6 is 0 Å². The zero-order chi connectivity index (χ0) is 18.1. The number of hydrogen-bond acceptors (Lipinski definition) is 5. The molecule has 6 nitrogen and oxygen atoms in total. The first kappa shape index (κ1) is 16.8. The second kappa shape index (κ2) is 6.61. The Kier molecular flexibility index (Phi) is 4.28. The van der Waals surface area contributed by atoms with E-state index in [-0.39, 0.29) is 23.8 Å². The normalized spacial score (nSPS) is 24.2. The van der Waals surface area contributed by atoms with E-state index in [2.05, 4.69) is 21.3 Å². The molecule has 2 aliphatic heterocycles. The van der Waals surface area contributed by atoms with Gasteiger partial charge in [-0.05, 0) is 30.2 Å². The van der Waals surface area contributed by atoms with Crippen LogP contribution in [0.2, 0.25) is 0 Å². The minimum atomic E-state index is -0.302. The second-order valence-corrected chi connectivity index (χ2v) is 7.15. The molecule has 1 aromatic heterocycles. The lowest BCUT2D eigenvalue weighted by molar-refractivity contribution is 0.0816. The van der Waals surface area contributed by atoms with Crippen LogP contribution in [0, 0.1) is 11.3 Å².